The van der Waals surface area contributed by atoms with Crippen LogP contribution in [0.2, 0.25) is 0 Å². The zero-order valence-corrected chi connectivity index (χ0v) is 7.00. The number of nitrogens with one attached hydrogen (secondary N) is 2. The fraction of sp³-hybridized carbons (Fsp3) is 0.222. The van der Waals surface area contributed by atoms with Gasteiger partial charge in [0.2, 0.25) is 6.08 Å². The molecule has 0 fully saturated rings. The van der Waals surface area contributed by atoms with Crippen LogP contribution < -0.4 is 5.32 Å². The van der Waals surface area contributed by atoms with Crippen molar-refractivity contribution in [2.75, 3.05) is 7.05 Å². The molecule has 0 radical (unpaired) electrons. The second kappa shape index (κ2) is 7.66. The lowest BCUT2D eigenvalue weighted by Gasteiger charge is -1.95. The molecule has 0 spiro atoms. The Labute approximate surface area is 71.9 Å². The van der Waals surface area contributed by atoms with Gasteiger partial charge in [-0.1, -0.05) is 30.3 Å². The first-order chi connectivity index (χ1) is 5.85. The van der Waals surface area contributed by atoms with Gasteiger partial charge in [0.15, 0.2) is 0 Å². The summed E-state index contributed by atoms with van der Waals surface area (Å²) in [6, 6.07) is 10.3. The van der Waals surface area contributed by atoms with E-state index in [9.17, 15) is 0 Å². The Bertz CT molecular complexity index is 228. The van der Waals surface area contributed by atoms with Crippen LogP contribution in [0.4, 0.5) is 0 Å². The molecule has 3 nitrogen and oxygen atoms in total. The van der Waals surface area contributed by atoms with E-state index in [0.717, 1.165) is 12.6 Å². The standard InChI is InChI=1S/C8H11N.CHNO/c1-9-7-8-5-3-2-4-6-8;2-1-3/h2-6,9H,7H2,1H3;2H. The molecule has 0 saturated carbocycles. The first-order valence-electron chi connectivity index (χ1n) is 3.57. The summed E-state index contributed by atoms with van der Waals surface area (Å²) in [5, 5.41) is 8.49. The average Bonchev–Trinajstić information content (AvgIpc) is 2.08. The van der Waals surface area contributed by atoms with Crippen molar-refractivity contribution in [3.05, 3.63) is 35.9 Å². The first-order valence-corrected chi connectivity index (χ1v) is 3.57. The van der Waals surface area contributed by atoms with Crippen molar-refractivity contribution >= 4 is 6.08 Å². The lowest BCUT2D eigenvalue weighted by atomic mass is 10.2. The molecule has 1 rings (SSSR count). The van der Waals surface area contributed by atoms with E-state index >= 15 is 0 Å². The van der Waals surface area contributed by atoms with Gasteiger partial charge in [-0.05, 0) is 12.6 Å². The smallest absolute Gasteiger partial charge is 0.231 e. The highest BCUT2D eigenvalue weighted by Gasteiger charge is 1.83. The van der Waals surface area contributed by atoms with Crippen molar-refractivity contribution in [2.24, 2.45) is 0 Å². The molecule has 0 aliphatic carbocycles. The summed E-state index contributed by atoms with van der Waals surface area (Å²) in [6.45, 7) is 0.959. The van der Waals surface area contributed by atoms with Crippen molar-refractivity contribution in [2.45, 2.75) is 6.54 Å². The predicted octanol–water partition coefficient (Wildman–Crippen LogP) is 1.31. The van der Waals surface area contributed by atoms with Crippen LogP contribution in [0.1, 0.15) is 5.56 Å². The number of isocyanates is 1. The maximum atomic E-state index is 8.35. The first kappa shape index (κ1) is 10.6. The maximum absolute atomic E-state index is 8.35. The third-order valence-corrected chi connectivity index (χ3v) is 1.22. The molecule has 0 aliphatic rings. The molecule has 3 heteroatoms. The summed E-state index contributed by atoms with van der Waals surface area (Å²) in [6.07, 6.45) is 0.750. The molecule has 0 heterocycles. The molecular weight excluding hydrogens is 152 g/mol. The molecule has 0 aliphatic heterocycles. The lowest BCUT2D eigenvalue weighted by Crippen LogP contribution is -2.04. The molecule has 64 valence electrons. The van der Waals surface area contributed by atoms with Gasteiger partial charge in [-0.3, -0.25) is 0 Å². The summed E-state index contributed by atoms with van der Waals surface area (Å²) in [5.74, 6) is 0. The van der Waals surface area contributed by atoms with Gasteiger partial charge in [-0.2, -0.15) is 0 Å². The van der Waals surface area contributed by atoms with E-state index in [-0.39, 0.29) is 0 Å². The highest BCUT2D eigenvalue weighted by Crippen LogP contribution is 1.95. The van der Waals surface area contributed by atoms with Crippen LogP contribution in [0.3, 0.4) is 0 Å². The van der Waals surface area contributed by atoms with E-state index in [1.54, 1.807) is 0 Å². The van der Waals surface area contributed by atoms with Gasteiger partial charge in [0, 0.05) is 6.54 Å². The van der Waals surface area contributed by atoms with Crippen LogP contribution in [0.25, 0.3) is 0 Å². The Balaban J connectivity index is 0.000000354. The van der Waals surface area contributed by atoms with Gasteiger partial charge in [0.1, 0.15) is 0 Å². The minimum Gasteiger partial charge on any atom is -0.316 e. The highest BCUT2D eigenvalue weighted by atomic mass is 16.1. The third kappa shape index (κ3) is 5.35. The molecule has 0 atom stereocenters. The Morgan fingerprint density at radius 3 is 2.33 bits per heavy atom. The Morgan fingerprint density at radius 1 is 1.42 bits per heavy atom. The fourth-order valence-corrected chi connectivity index (χ4v) is 0.800. The van der Waals surface area contributed by atoms with Crippen molar-refractivity contribution in [1.29, 1.82) is 5.41 Å². The van der Waals surface area contributed by atoms with Crippen LogP contribution in [-0.4, -0.2) is 13.1 Å². The van der Waals surface area contributed by atoms with Crippen LogP contribution in [0, 0.1) is 5.41 Å². The molecule has 0 saturated heterocycles. The van der Waals surface area contributed by atoms with Crippen molar-refractivity contribution in [3.63, 3.8) is 0 Å². The summed E-state index contributed by atoms with van der Waals surface area (Å²) >= 11 is 0. The molecule has 0 bridgehead atoms. The number of benzene rings is 1. The quantitative estimate of drug-likeness (QED) is 0.511. The number of hydrogen-bond donors (Lipinski definition) is 2. The minimum atomic E-state index is 0.750. The lowest BCUT2D eigenvalue weighted by molar-refractivity contribution is 0.563. The fourth-order valence-electron chi connectivity index (χ4n) is 0.800. The Hall–Kier alpha value is -1.44. The third-order valence-electron chi connectivity index (χ3n) is 1.22. The van der Waals surface area contributed by atoms with E-state index in [0.29, 0.717) is 0 Å². The van der Waals surface area contributed by atoms with E-state index in [2.05, 4.69) is 17.4 Å². The second-order valence-electron chi connectivity index (χ2n) is 2.12. The van der Waals surface area contributed by atoms with Crippen LogP contribution >= 0.6 is 0 Å². The number of hydrogen-bond acceptors (Lipinski definition) is 3. The maximum Gasteiger partial charge on any atom is 0.231 e. The summed E-state index contributed by atoms with van der Waals surface area (Å²) < 4.78 is 0. The molecule has 0 unspecified atom stereocenters. The monoisotopic (exact) mass is 164 g/mol. The number of rotatable bonds is 2. The highest BCUT2D eigenvalue weighted by molar-refractivity contribution is 5.26. The summed E-state index contributed by atoms with van der Waals surface area (Å²) in [5.41, 5.74) is 1.33. The molecule has 0 aromatic heterocycles. The minimum absolute atomic E-state index is 0.750. The predicted molar refractivity (Wildman–Crippen MR) is 47.6 cm³/mol. The van der Waals surface area contributed by atoms with E-state index < -0.39 is 0 Å². The van der Waals surface area contributed by atoms with E-state index in [1.807, 2.05) is 25.2 Å². The van der Waals surface area contributed by atoms with Crippen LogP contribution in [-0.2, 0) is 11.3 Å². The normalized spacial score (nSPS) is 7.75. The van der Waals surface area contributed by atoms with Crippen molar-refractivity contribution in [1.82, 2.24) is 5.32 Å². The molecule has 1 aromatic carbocycles. The number of carbonyl (C=O) groups excluding carboxylic acids is 1. The zero-order chi connectivity index (χ0) is 9.23. The van der Waals surface area contributed by atoms with Gasteiger partial charge in [0.25, 0.3) is 0 Å². The summed E-state index contributed by atoms with van der Waals surface area (Å²) in [4.78, 5) is 8.35. The van der Waals surface area contributed by atoms with Gasteiger partial charge in [-0.25, -0.2) is 10.2 Å². The van der Waals surface area contributed by atoms with Crippen molar-refractivity contribution < 1.29 is 4.79 Å². The Morgan fingerprint density at radius 2 is 1.92 bits per heavy atom. The van der Waals surface area contributed by atoms with Crippen LogP contribution in [0.5, 0.6) is 0 Å². The van der Waals surface area contributed by atoms with E-state index in [4.69, 9.17) is 10.2 Å². The molecule has 12 heavy (non-hydrogen) atoms. The van der Waals surface area contributed by atoms with Crippen LogP contribution in [0.15, 0.2) is 30.3 Å². The van der Waals surface area contributed by atoms with Gasteiger partial charge < -0.3 is 5.32 Å². The SMILES string of the molecule is CNCc1ccccc1.N=C=O. The molecule has 2 N–H and O–H groups in total. The van der Waals surface area contributed by atoms with Gasteiger partial charge in [0.05, 0.1) is 0 Å². The average molecular weight is 164 g/mol. The van der Waals surface area contributed by atoms with Crippen molar-refractivity contribution in [3.8, 4) is 0 Å². The van der Waals surface area contributed by atoms with Gasteiger partial charge in [-0.15, -0.1) is 0 Å². The molecule has 1 aromatic rings. The molecule has 0 amide bonds. The zero-order valence-electron chi connectivity index (χ0n) is 7.00. The second-order valence-corrected chi connectivity index (χ2v) is 2.12. The summed E-state index contributed by atoms with van der Waals surface area (Å²) in [7, 11) is 1.95. The Kier molecular flexibility index (Phi) is 6.74. The van der Waals surface area contributed by atoms with E-state index in [1.165, 1.54) is 5.56 Å². The largest absolute Gasteiger partial charge is 0.316 e. The van der Waals surface area contributed by atoms with Gasteiger partial charge >= 0.3 is 0 Å². The molecular formula is C9H12N2O. The topological polar surface area (TPSA) is 53.0 Å².